The maximum Gasteiger partial charge on any atom is 0.351 e. The monoisotopic (exact) mass is 462 g/mol. The molecule has 0 aromatic carbocycles. The van der Waals surface area contributed by atoms with Gasteiger partial charge in [-0.3, -0.25) is 4.79 Å². The van der Waals surface area contributed by atoms with Crippen molar-refractivity contribution in [1.29, 1.82) is 0 Å². The highest BCUT2D eigenvalue weighted by molar-refractivity contribution is 5.83. The summed E-state index contributed by atoms with van der Waals surface area (Å²) in [5, 5.41) is 50.6. The number of aliphatic hydroxyl groups is 4. The fraction of sp³-hybridized carbons (Fsp3) is 0.913. The van der Waals surface area contributed by atoms with E-state index in [4.69, 9.17) is 9.47 Å². The number of esters is 1. The van der Waals surface area contributed by atoms with Gasteiger partial charge >= 0.3 is 11.9 Å². The van der Waals surface area contributed by atoms with Crippen molar-refractivity contribution in [3.05, 3.63) is 0 Å². The van der Waals surface area contributed by atoms with E-state index in [1.807, 2.05) is 6.92 Å². The molecule has 9 heteroatoms. The molecule has 0 aromatic rings. The highest BCUT2D eigenvalue weighted by Crippen LogP contribution is 2.36. The molecule has 0 spiro atoms. The van der Waals surface area contributed by atoms with E-state index >= 15 is 0 Å². The molecular weight excluding hydrogens is 420 g/mol. The van der Waals surface area contributed by atoms with Gasteiger partial charge in [-0.25, -0.2) is 4.79 Å². The number of unbranched alkanes of at least 4 members (excludes halogenated alkanes) is 6. The lowest BCUT2D eigenvalue weighted by Crippen LogP contribution is -2.68. The molecule has 0 aromatic heterocycles. The maximum absolute atomic E-state index is 12.7. The first-order valence-electron chi connectivity index (χ1n) is 11.9. The molecule has 7 atom stereocenters. The van der Waals surface area contributed by atoms with Gasteiger partial charge in [-0.2, -0.15) is 0 Å². The minimum Gasteiger partial charge on any atom is -0.478 e. The maximum atomic E-state index is 12.7. The minimum absolute atomic E-state index is 0.122. The van der Waals surface area contributed by atoms with Gasteiger partial charge < -0.3 is 35.0 Å². The second-order valence-corrected chi connectivity index (χ2v) is 8.93. The van der Waals surface area contributed by atoms with Gasteiger partial charge in [-0.1, -0.05) is 65.7 Å². The fourth-order valence-electron chi connectivity index (χ4n) is 4.19. The molecule has 0 saturated carbocycles. The number of aliphatic carboxylic acids is 1. The Kier molecular flexibility index (Phi) is 12.7. The quantitative estimate of drug-likeness (QED) is 0.181. The molecule has 32 heavy (non-hydrogen) atoms. The lowest BCUT2D eigenvalue weighted by atomic mass is 9.81. The second kappa shape index (κ2) is 14.1. The molecule has 0 aliphatic carbocycles. The Balaban J connectivity index is 3.13. The first-order valence-corrected chi connectivity index (χ1v) is 11.9. The summed E-state index contributed by atoms with van der Waals surface area (Å²) in [5.41, 5.74) is -2.25. The van der Waals surface area contributed by atoms with Crippen molar-refractivity contribution in [2.24, 2.45) is 5.92 Å². The summed E-state index contributed by atoms with van der Waals surface area (Å²) in [7, 11) is 0. The summed E-state index contributed by atoms with van der Waals surface area (Å²) in [6, 6.07) is 0. The molecule has 188 valence electrons. The van der Waals surface area contributed by atoms with Crippen molar-refractivity contribution in [3.63, 3.8) is 0 Å². The Morgan fingerprint density at radius 2 is 1.53 bits per heavy atom. The van der Waals surface area contributed by atoms with Crippen LogP contribution in [-0.4, -0.2) is 80.2 Å². The van der Waals surface area contributed by atoms with Crippen LogP contribution in [0.1, 0.15) is 85.0 Å². The van der Waals surface area contributed by atoms with Crippen LogP contribution in [0.5, 0.6) is 0 Å². The molecule has 9 nitrogen and oxygen atoms in total. The summed E-state index contributed by atoms with van der Waals surface area (Å²) in [6.07, 6.45) is -0.699. The van der Waals surface area contributed by atoms with Gasteiger partial charge in [0.1, 0.15) is 30.5 Å². The number of carbonyl (C=O) groups excluding carboxylic acids is 1. The molecule has 1 rings (SSSR count). The molecule has 3 unspecified atom stereocenters. The highest BCUT2D eigenvalue weighted by atomic mass is 16.6. The van der Waals surface area contributed by atoms with Gasteiger partial charge in [0.2, 0.25) is 5.60 Å². The lowest BCUT2D eigenvalue weighted by molar-refractivity contribution is -0.275. The van der Waals surface area contributed by atoms with Gasteiger partial charge in [0.15, 0.2) is 0 Å². The zero-order valence-electron chi connectivity index (χ0n) is 19.6. The largest absolute Gasteiger partial charge is 0.478 e. The summed E-state index contributed by atoms with van der Waals surface area (Å²) < 4.78 is 11.1. The zero-order valence-corrected chi connectivity index (χ0v) is 19.6. The number of rotatable bonds is 15. The topological polar surface area (TPSA) is 154 Å². The highest BCUT2D eigenvalue weighted by Gasteiger charge is 2.59. The number of ether oxygens (including phenoxy) is 2. The third kappa shape index (κ3) is 7.38. The van der Waals surface area contributed by atoms with Gasteiger partial charge in [-0.15, -0.1) is 0 Å². The number of carbonyl (C=O) groups is 2. The van der Waals surface area contributed by atoms with Crippen molar-refractivity contribution < 1.29 is 44.6 Å². The smallest absolute Gasteiger partial charge is 0.351 e. The predicted molar refractivity (Wildman–Crippen MR) is 117 cm³/mol. The molecule has 0 amide bonds. The number of carboxylic acids is 1. The zero-order chi connectivity index (χ0) is 24.3. The van der Waals surface area contributed by atoms with Crippen molar-refractivity contribution in [2.45, 2.75) is 121 Å². The van der Waals surface area contributed by atoms with E-state index in [9.17, 15) is 35.1 Å². The Hall–Kier alpha value is -1.26. The average molecular weight is 463 g/mol. The van der Waals surface area contributed by atoms with E-state index in [2.05, 4.69) is 6.92 Å². The van der Waals surface area contributed by atoms with Crippen molar-refractivity contribution in [1.82, 2.24) is 0 Å². The fourth-order valence-corrected chi connectivity index (χ4v) is 4.19. The average Bonchev–Trinajstić information content (AvgIpc) is 2.76. The Bertz CT molecular complexity index is 568. The number of aliphatic hydroxyl groups excluding tert-OH is 4. The standard InChI is InChI=1S/C23H42O9/c1-4-6-7-8-9-10-11-13-23(22(29)30,32-21(28)15(3)12-5-2)20-19(27)18(26)17(25)16(14-24)31-20/h15-20,24-27H,4-14H2,1-3H3,(H,29,30)/t15?,16-,17-,18+,19-,20?,23?/m1/s1. The lowest BCUT2D eigenvalue weighted by Gasteiger charge is -2.46. The summed E-state index contributed by atoms with van der Waals surface area (Å²) in [6.45, 7) is 4.95. The summed E-state index contributed by atoms with van der Waals surface area (Å²) >= 11 is 0. The van der Waals surface area contributed by atoms with E-state index in [0.717, 1.165) is 32.1 Å². The first-order chi connectivity index (χ1) is 15.2. The third-order valence-electron chi connectivity index (χ3n) is 6.27. The Labute approximate surface area is 190 Å². The summed E-state index contributed by atoms with van der Waals surface area (Å²) in [5.74, 6) is -2.78. The number of hydrogen-bond donors (Lipinski definition) is 5. The van der Waals surface area contributed by atoms with Crippen LogP contribution in [0.25, 0.3) is 0 Å². The normalized spacial score (nSPS) is 28.7. The van der Waals surface area contributed by atoms with Crippen molar-refractivity contribution >= 4 is 11.9 Å². The van der Waals surface area contributed by atoms with Crippen LogP contribution in [0, 0.1) is 5.92 Å². The van der Waals surface area contributed by atoms with E-state index in [-0.39, 0.29) is 6.42 Å². The molecule has 1 fully saturated rings. The van der Waals surface area contributed by atoms with Crippen LogP contribution < -0.4 is 0 Å². The van der Waals surface area contributed by atoms with Gasteiger partial charge in [0, 0.05) is 6.42 Å². The van der Waals surface area contributed by atoms with Crippen LogP contribution in [-0.2, 0) is 19.1 Å². The Morgan fingerprint density at radius 3 is 2.06 bits per heavy atom. The molecule has 1 heterocycles. The van der Waals surface area contributed by atoms with Crippen LogP contribution in [0.3, 0.4) is 0 Å². The Morgan fingerprint density at radius 1 is 0.938 bits per heavy atom. The van der Waals surface area contributed by atoms with Gasteiger partial charge in [-0.05, 0) is 12.8 Å². The molecule has 0 bridgehead atoms. The molecule has 1 saturated heterocycles. The van der Waals surface area contributed by atoms with Crippen molar-refractivity contribution in [2.75, 3.05) is 6.61 Å². The van der Waals surface area contributed by atoms with E-state index < -0.39 is 60.6 Å². The van der Waals surface area contributed by atoms with Gasteiger partial charge in [0.05, 0.1) is 12.5 Å². The number of hydrogen-bond acceptors (Lipinski definition) is 8. The van der Waals surface area contributed by atoms with Crippen LogP contribution in [0.2, 0.25) is 0 Å². The minimum atomic E-state index is -2.25. The van der Waals surface area contributed by atoms with Crippen LogP contribution in [0.15, 0.2) is 0 Å². The number of carboxylic acid groups (broad SMARTS) is 1. The third-order valence-corrected chi connectivity index (χ3v) is 6.27. The molecule has 5 N–H and O–H groups in total. The molecule has 0 radical (unpaired) electrons. The SMILES string of the molecule is CCCCCCCCCC(OC(=O)C(C)CCC)(C(=O)O)C1O[C@H](CO)[C@@H](O)[C@H](O)[C@H]1O. The first kappa shape index (κ1) is 28.8. The predicted octanol–water partition coefficient (Wildman–Crippen LogP) is 1.77. The van der Waals surface area contributed by atoms with Gasteiger partial charge in [0.25, 0.3) is 0 Å². The molecule has 1 aliphatic rings. The van der Waals surface area contributed by atoms with E-state index in [1.165, 1.54) is 0 Å². The van der Waals surface area contributed by atoms with Crippen molar-refractivity contribution in [3.8, 4) is 0 Å². The summed E-state index contributed by atoms with van der Waals surface area (Å²) in [4.78, 5) is 25.2. The molecular formula is C23H42O9. The van der Waals surface area contributed by atoms with Crippen LogP contribution >= 0.6 is 0 Å². The van der Waals surface area contributed by atoms with E-state index in [1.54, 1.807) is 6.92 Å². The van der Waals surface area contributed by atoms with E-state index in [0.29, 0.717) is 25.7 Å². The molecule has 1 aliphatic heterocycles. The van der Waals surface area contributed by atoms with Crippen LogP contribution in [0.4, 0.5) is 0 Å². The second-order valence-electron chi connectivity index (χ2n) is 8.93.